The second-order valence-corrected chi connectivity index (χ2v) is 1.61. The first-order valence-electron chi connectivity index (χ1n) is 2.99. The third-order valence-corrected chi connectivity index (χ3v) is 0.697. The van der Waals surface area contributed by atoms with Crippen molar-refractivity contribution in [3.63, 3.8) is 0 Å². The zero-order valence-corrected chi connectivity index (χ0v) is 7.04. The van der Waals surface area contributed by atoms with Crippen molar-refractivity contribution in [2.24, 2.45) is 0 Å². The van der Waals surface area contributed by atoms with Gasteiger partial charge >= 0.3 is 0 Å². The molecule has 5 heteroatoms. The molecule has 3 radical (unpaired) electrons. The van der Waals surface area contributed by atoms with E-state index in [-0.39, 0.29) is 22.5 Å². The van der Waals surface area contributed by atoms with Gasteiger partial charge in [0.2, 0.25) is 0 Å². The van der Waals surface area contributed by atoms with Gasteiger partial charge in [-0.2, -0.15) is 0 Å². The van der Waals surface area contributed by atoms with Crippen LogP contribution in [0.4, 0.5) is 14.1 Å². The van der Waals surface area contributed by atoms with Crippen molar-refractivity contribution < 1.29 is 18.9 Å². The highest BCUT2D eigenvalue weighted by molar-refractivity contribution is 5.75. The lowest BCUT2D eigenvalue weighted by molar-refractivity contribution is 0.135. The van der Waals surface area contributed by atoms with Gasteiger partial charge in [0.15, 0.2) is 0 Å². The molecule has 0 spiro atoms. The number of halogens is 3. The molecule has 0 saturated heterocycles. The van der Waals surface area contributed by atoms with Crippen LogP contribution in [0.25, 0.3) is 0 Å². The maximum atomic E-state index is 5.13. The summed E-state index contributed by atoms with van der Waals surface area (Å²) in [5, 5.41) is 0. The highest BCUT2D eigenvalue weighted by Crippen LogP contribution is 1.81. The lowest BCUT2D eigenvalue weighted by atomic mass is 10.5. The van der Waals surface area contributed by atoms with Crippen molar-refractivity contribution in [1.82, 2.24) is 0 Å². The quantitative estimate of drug-likeness (QED) is 0.466. The van der Waals surface area contributed by atoms with Crippen LogP contribution >= 0.6 is 0 Å². The highest BCUT2D eigenvalue weighted by Gasteiger charge is 1.77. The maximum Gasteiger partial charge on any atom is 0.0463 e. The third-order valence-electron chi connectivity index (χ3n) is 0.697. The van der Waals surface area contributed by atoms with Crippen LogP contribution in [0, 0.1) is 0 Å². The molecule has 0 fully saturated rings. The number of hydrogen-bond donors (Lipinski definition) is 0. The van der Waals surface area contributed by atoms with E-state index in [4.69, 9.17) is 4.74 Å². The SMILES string of the molecule is CCCOCCC.F.F.F.[B]. The first kappa shape index (κ1) is 30.8. The van der Waals surface area contributed by atoms with E-state index in [1.807, 2.05) is 0 Å². The molecule has 0 aliphatic heterocycles. The van der Waals surface area contributed by atoms with Gasteiger partial charge in [-0.05, 0) is 12.8 Å². The lowest BCUT2D eigenvalue weighted by Gasteiger charge is -1.95. The Balaban J connectivity index is -0.0000000300. The molecule has 71 valence electrons. The summed E-state index contributed by atoms with van der Waals surface area (Å²) in [5.74, 6) is 0. The van der Waals surface area contributed by atoms with E-state index in [1.165, 1.54) is 0 Å². The third kappa shape index (κ3) is 41.2. The van der Waals surface area contributed by atoms with E-state index in [9.17, 15) is 0 Å². The van der Waals surface area contributed by atoms with Crippen LogP contribution in [0.5, 0.6) is 0 Å². The van der Waals surface area contributed by atoms with Gasteiger partial charge in [0, 0.05) is 21.6 Å². The van der Waals surface area contributed by atoms with Gasteiger partial charge in [-0.1, -0.05) is 13.8 Å². The first-order valence-corrected chi connectivity index (χ1v) is 2.99. The molecule has 0 aromatic rings. The maximum absolute atomic E-state index is 5.13. The molecule has 0 N–H and O–H groups in total. The van der Waals surface area contributed by atoms with Crippen LogP contribution in [-0.2, 0) is 4.74 Å². The number of hydrogen-bond acceptors (Lipinski definition) is 1. The zero-order valence-electron chi connectivity index (χ0n) is 7.04. The zero-order chi connectivity index (χ0) is 5.54. The molecule has 0 saturated carbocycles. The Morgan fingerprint density at radius 2 is 1.09 bits per heavy atom. The van der Waals surface area contributed by atoms with Gasteiger partial charge in [0.1, 0.15) is 0 Å². The van der Waals surface area contributed by atoms with Gasteiger partial charge in [0.05, 0.1) is 0 Å². The summed E-state index contributed by atoms with van der Waals surface area (Å²) >= 11 is 0. The predicted octanol–water partition coefficient (Wildman–Crippen LogP) is 1.90. The molecule has 1 nitrogen and oxygen atoms in total. The standard InChI is InChI=1S/C6H14O.B.3FH/c1-3-5-7-6-4-2;;;;/h3-6H2,1-2H3;;3*1H. The van der Waals surface area contributed by atoms with E-state index < -0.39 is 0 Å². The Labute approximate surface area is 68.2 Å². The van der Waals surface area contributed by atoms with Crippen molar-refractivity contribution in [2.75, 3.05) is 13.2 Å². The van der Waals surface area contributed by atoms with Crippen LogP contribution in [0.2, 0.25) is 0 Å². The van der Waals surface area contributed by atoms with Gasteiger partial charge in [-0.15, -0.1) is 0 Å². The highest BCUT2D eigenvalue weighted by atomic mass is 19.0. The van der Waals surface area contributed by atoms with E-state index in [0.29, 0.717) is 0 Å². The molecular weight excluding hydrogens is 156 g/mol. The molecule has 0 aromatic heterocycles. The fourth-order valence-electron chi connectivity index (χ4n) is 0.391. The van der Waals surface area contributed by atoms with E-state index in [0.717, 1.165) is 26.1 Å². The normalized spacial score (nSPS) is 6.00. The monoisotopic (exact) mass is 173 g/mol. The van der Waals surface area contributed by atoms with Crippen LogP contribution in [0.15, 0.2) is 0 Å². The van der Waals surface area contributed by atoms with Crippen molar-refractivity contribution in [1.29, 1.82) is 0 Å². The molecule has 0 aromatic carbocycles. The van der Waals surface area contributed by atoms with Crippen LogP contribution in [-0.4, -0.2) is 21.6 Å². The summed E-state index contributed by atoms with van der Waals surface area (Å²) in [6.45, 7) is 6.09. The largest absolute Gasteiger partial charge is 0.381 e. The molecule has 11 heavy (non-hydrogen) atoms. The van der Waals surface area contributed by atoms with E-state index >= 15 is 0 Å². The Morgan fingerprint density at radius 3 is 1.27 bits per heavy atom. The number of rotatable bonds is 4. The van der Waals surface area contributed by atoms with Crippen LogP contribution in [0.1, 0.15) is 26.7 Å². The Kier molecular flexibility index (Phi) is 92.1. The molecule has 0 heterocycles. The Hall–Kier alpha value is -0.185. The lowest BCUT2D eigenvalue weighted by Crippen LogP contribution is -1.92. The van der Waals surface area contributed by atoms with Crippen molar-refractivity contribution in [2.45, 2.75) is 26.7 Å². The minimum Gasteiger partial charge on any atom is -0.381 e. The molecule has 0 bridgehead atoms. The summed E-state index contributed by atoms with van der Waals surface area (Å²) < 4.78 is 5.13. The number of ether oxygens (including phenoxy) is 1. The molecule has 0 rings (SSSR count). The van der Waals surface area contributed by atoms with Crippen LogP contribution < -0.4 is 0 Å². The predicted molar refractivity (Wildman–Crippen MR) is 44.7 cm³/mol. The summed E-state index contributed by atoms with van der Waals surface area (Å²) in [5.41, 5.74) is 0. The van der Waals surface area contributed by atoms with Gasteiger partial charge in [-0.25, -0.2) is 0 Å². The summed E-state index contributed by atoms with van der Waals surface area (Å²) in [4.78, 5) is 0. The van der Waals surface area contributed by atoms with Crippen molar-refractivity contribution >= 4 is 8.41 Å². The van der Waals surface area contributed by atoms with Gasteiger partial charge < -0.3 is 4.74 Å². The second-order valence-electron chi connectivity index (χ2n) is 1.61. The average Bonchev–Trinajstić information content (AvgIpc) is 1.69. The van der Waals surface area contributed by atoms with Gasteiger partial charge in [0.25, 0.3) is 0 Å². The topological polar surface area (TPSA) is 9.23 Å². The fraction of sp³-hybridized carbons (Fsp3) is 1.00. The van der Waals surface area contributed by atoms with Crippen molar-refractivity contribution in [3.05, 3.63) is 0 Å². The second kappa shape index (κ2) is 32.9. The fourth-order valence-corrected chi connectivity index (χ4v) is 0.391. The van der Waals surface area contributed by atoms with E-state index in [1.54, 1.807) is 0 Å². The average molecular weight is 173 g/mol. The van der Waals surface area contributed by atoms with Crippen LogP contribution in [0.3, 0.4) is 0 Å². The van der Waals surface area contributed by atoms with Crippen molar-refractivity contribution in [3.8, 4) is 0 Å². The smallest absolute Gasteiger partial charge is 0.0463 e. The summed E-state index contributed by atoms with van der Waals surface area (Å²) in [6.07, 6.45) is 2.28. The Morgan fingerprint density at radius 1 is 0.818 bits per heavy atom. The molecule has 0 aliphatic rings. The van der Waals surface area contributed by atoms with E-state index in [2.05, 4.69) is 13.8 Å². The molecule has 0 atom stereocenters. The Bertz CT molecular complexity index is 37.0. The molecule has 0 amide bonds. The minimum absolute atomic E-state index is 0. The molecular formula is C6H17BF3O. The minimum atomic E-state index is 0. The molecule has 0 unspecified atom stereocenters. The summed E-state index contributed by atoms with van der Waals surface area (Å²) in [6, 6.07) is 0. The first-order chi connectivity index (χ1) is 3.41. The van der Waals surface area contributed by atoms with Gasteiger partial charge in [-0.3, -0.25) is 14.1 Å². The summed E-state index contributed by atoms with van der Waals surface area (Å²) in [7, 11) is 0. The molecule has 0 aliphatic carbocycles.